The molecule has 3 aromatic rings. The Hall–Kier alpha value is -2.27. The summed E-state index contributed by atoms with van der Waals surface area (Å²) in [6.07, 6.45) is 3.01. The van der Waals surface area contributed by atoms with E-state index >= 15 is 0 Å². The van der Waals surface area contributed by atoms with Gasteiger partial charge in [-0.05, 0) is 6.07 Å². The number of fused-ring (bicyclic) bond motifs is 1. The molecule has 0 saturated heterocycles. The van der Waals surface area contributed by atoms with Crippen LogP contribution >= 0.6 is 0 Å². The summed E-state index contributed by atoms with van der Waals surface area (Å²) >= 11 is 0. The predicted molar refractivity (Wildman–Crippen MR) is 71.4 cm³/mol. The standard InChI is InChI=1S/C14H14N4O/c1-18-13(16-9-17-18)8-12(19)11-6-2-4-10-5-3-7-15-14(10)11/h2-7,9,12,19H,8H2,1H3. The van der Waals surface area contributed by atoms with Gasteiger partial charge in [0.2, 0.25) is 0 Å². The summed E-state index contributed by atoms with van der Waals surface area (Å²) in [4.78, 5) is 8.48. The molecule has 0 amide bonds. The highest BCUT2D eigenvalue weighted by molar-refractivity contribution is 5.81. The third-order valence-electron chi connectivity index (χ3n) is 3.20. The van der Waals surface area contributed by atoms with Crippen molar-refractivity contribution < 1.29 is 5.11 Å². The van der Waals surface area contributed by atoms with Crippen LogP contribution < -0.4 is 0 Å². The Morgan fingerprint density at radius 1 is 1.21 bits per heavy atom. The first-order valence-corrected chi connectivity index (χ1v) is 6.10. The SMILES string of the molecule is Cn1ncnc1CC(O)c1cccc2cccnc12. The molecule has 3 rings (SSSR count). The van der Waals surface area contributed by atoms with Gasteiger partial charge >= 0.3 is 0 Å². The summed E-state index contributed by atoms with van der Waals surface area (Å²) in [6, 6.07) is 9.69. The Kier molecular flexibility index (Phi) is 2.97. The van der Waals surface area contributed by atoms with Crippen molar-refractivity contribution in [2.75, 3.05) is 0 Å². The molecule has 1 N–H and O–H groups in total. The lowest BCUT2D eigenvalue weighted by Gasteiger charge is -2.12. The number of aliphatic hydroxyl groups excluding tert-OH is 1. The summed E-state index contributed by atoms with van der Waals surface area (Å²) in [6.45, 7) is 0. The number of nitrogens with zero attached hydrogens (tertiary/aromatic N) is 4. The number of benzene rings is 1. The zero-order chi connectivity index (χ0) is 13.2. The topological polar surface area (TPSA) is 63.8 Å². The molecule has 0 fully saturated rings. The molecule has 5 heteroatoms. The van der Waals surface area contributed by atoms with Crippen molar-refractivity contribution in [2.24, 2.45) is 7.05 Å². The summed E-state index contributed by atoms with van der Waals surface area (Å²) in [5, 5.41) is 15.4. The molecule has 0 aliphatic carbocycles. The lowest BCUT2D eigenvalue weighted by molar-refractivity contribution is 0.176. The van der Waals surface area contributed by atoms with Crippen LogP contribution in [0.25, 0.3) is 10.9 Å². The molecule has 96 valence electrons. The summed E-state index contributed by atoms with van der Waals surface area (Å²) in [7, 11) is 1.82. The second-order valence-electron chi connectivity index (χ2n) is 4.44. The third-order valence-corrected chi connectivity index (χ3v) is 3.20. The van der Waals surface area contributed by atoms with Gasteiger partial charge in [0.25, 0.3) is 0 Å². The van der Waals surface area contributed by atoms with Gasteiger partial charge in [0.05, 0.1) is 11.6 Å². The Morgan fingerprint density at radius 2 is 2.05 bits per heavy atom. The van der Waals surface area contributed by atoms with Crippen molar-refractivity contribution in [2.45, 2.75) is 12.5 Å². The van der Waals surface area contributed by atoms with E-state index in [2.05, 4.69) is 15.1 Å². The first kappa shape index (κ1) is 11.8. The van der Waals surface area contributed by atoms with E-state index in [1.165, 1.54) is 6.33 Å². The van der Waals surface area contributed by atoms with Gasteiger partial charge in [0.15, 0.2) is 0 Å². The average Bonchev–Trinajstić information content (AvgIpc) is 2.83. The van der Waals surface area contributed by atoms with E-state index in [1.807, 2.05) is 37.4 Å². The van der Waals surface area contributed by atoms with Gasteiger partial charge in [-0.3, -0.25) is 9.67 Å². The van der Waals surface area contributed by atoms with Gasteiger partial charge in [0.1, 0.15) is 12.2 Å². The van der Waals surface area contributed by atoms with Crippen molar-refractivity contribution >= 4 is 10.9 Å². The predicted octanol–water partition coefficient (Wildman–Crippen LogP) is 1.64. The Labute approximate surface area is 110 Å². The number of para-hydroxylation sites is 1. The minimum absolute atomic E-state index is 0.423. The molecule has 2 aromatic heterocycles. The van der Waals surface area contributed by atoms with Crippen LogP contribution in [0, 0.1) is 0 Å². The van der Waals surface area contributed by atoms with Crippen LogP contribution in [-0.2, 0) is 13.5 Å². The van der Waals surface area contributed by atoms with E-state index in [1.54, 1.807) is 10.9 Å². The molecule has 0 aliphatic heterocycles. The van der Waals surface area contributed by atoms with Crippen LogP contribution in [-0.4, -0.2) is 24.9 Å². The van der Waals surface area contributed by atoms with E-state index in [9.17, 15) is 5.11 Å². The molecule has 0 spiro atoms. The first-order chi connectivity index (χ1) is 9.25. The largest absolute Gasteiger partial charge is 0.388 e. The minimum atomic E-state index is -0.638. The van der Waals surface area contributed by atoms with E-state index < -0.39 is 6.10 Å². The van der Waals surface area contributed by atoms with Crippen LogP contribution in [0.4, 0.5) is 0 Å². The van der Waals surface area contributed by atoms with Gasteiger partial charge < -0.3 is 5.11 Å². The van der Waals surface area contributed by atoms with Crippen LogP contribution in [0.15, 0.2) is 42.9 Å². The highest BCUT2D eigenvalue weighted by Gasteiger charge is 2.15. The van der Waals surface area contributed by atoms with Crippen molar-refractivity contribution in [3.05, 3.63) is 54.2 Å². The lowest BCUT2D eigenvalue weighted by atomic mass is 10.0. The molecule has 5 nitrogen and oxygen atoms in total. The average molecular weight is 254 g/mol. The normalized spacial score (nSPS) is 12.7. The molecule has 0 radical (unpaired) electrons. The van der Waals surface area contributed by atoms with Gasteiger partial charge in [0, 0.05) is 30.6 Å². The number of hydrogen-bond acceptors (Lipinski definition) is 4. The van der Waals surface area contributed by atoms with Crippen LogP contribution in [0.2, 0.25) is 0 Å². The Bertz CT molecular complexity index is 702. The second-order valence-corrected chi connectivity index (χ2v) is 4.44. The van der Waals surface area contributed by atoms with Crippen molar-refractivity contribution in [3.63, 3.8) is 0 Å². The zero-order valence-electron chi connectivity index (χ0n) is 10.6. The fraction of sp³-hybridized carbons (Fsp3) is 0.214. The molecule has 0 bridgehead atoms. The number of rotatable bonds is 3. The molecular weight excluding hydrogens is 240 g/mol. The monoisotopic (exact) mass is 254 g/mol. The molecule has 1 unspecified atom stereocenters. The Morgan fingerprint density at radius 3 is 2.84 bits per heavy atom. The Balaban J connectivity index is 1.98. The zero-order valence-corrected chi connectivity index (χ0v) is 10.6. The summed E-state index contributed by atoms with van der Waals surface area (Å²) < 4.78 is 1.67. The van der Waals surface area contributed by atoms with Crippen molar-refractivity contribution in [3.8, 4) is 0 Å². The fourth-order valence-corrected chi connectivity index (χ4v) is 2.18. The number of hydrogen-bond donors (Lipinski definition) is 1. The smallest absolute Gasteiger partial charge is 0.138 e. The van der Waals surface area contributed by atoms with Crippen LogP contribution in [0.5, 0.6) is 0 Å². The molecule has 19 heavy (non-hydrogen) atoms. The van der Waals surface area contributed by atoms with E-state index in [4.69, 9.17) is 0 Å². The van der Waals surface area contributed by atoms with Gasteiger partial charge in [-0.1, -0.05) is 24.3 Å². The molecule has 1 atom stereocenters. The van der Waals surface area contributed by atoms with Crippen molar-refractivity contribution in [1.82, 2.24) is 19.7 Å². The lowest BCUT2D eigenvalue weighted by Crippen LogP contribution is -2.08. The first-order valence-electron chi connectivity index (χ1n) is 6.10. The maximum absolute atomic E-state index is 10.4. The fourth-order valence-electron chi connectivity index (χ4n) is 2.18. The molecule has 1 aromatic carbocycles. The third kappa shape index (κ3) is 2.20. The quantitative estimate of drug-likeness (QED) is 0.771. The molecular formula is C14H14N4O. The van der Waals surface area contributed by atoms with Gasteiger partial charge in [-0.15, -0.1) is 0 Å². The molecule has 2 heterocycles. The van der Waals surface area contributed by atoms with E-state index in [0.29, 0.717) is 6.42 Å². The van der Waals surface area contributed by atoms with Crippen LogP contribution in [0.3, 0.4) is 0 Å². The highest BCUT2D eigenvalue weighted by Crippen LogP contribution is 2.24. The highest BCUT2D eigenvalue weighted by atomic mass is 16.3. The minimum Gasteiger partial charge on any atom is -0.388 e. The summed E-state index contributed by atoms with van der Waals surface area (Å²) in [5.74, 6) is 0.750. The van der Waals surface area contributed by atoms with Gasteiger partial charge in [-0.2, -0.15) is 5.10 Å². The van der Waals surface area contributed by atoms with E-state index in [-0.39, 0.29) is 0 Å². The molecule has 0 saturated carbocycles. The number of aromatic nitrogens is 4. The van der Waals surface area contributed by atoms with Crippen LogP contribution in [0.1, 0.15) is 17.5 Å². The van der Waals surface area contributed by atoms with Crippen molar-refractivity contribution in [1.29, 1.82) is 0 Å². The maximum atomic E-state index is 10.4. The molecule has 0 aliphatic rings. The number of pyridine rings is 1. The second kappa shape index (κ2) is 4.78. The summed E-state index contributed by atoms with van der Waals surface area (Å²) in [5.41, 5.74) is 1.65. The number of aliphatic hydroxyl groups is 1. The number of aryl methyl sites for hydroxylation is 1. The van der Waals surface area contributed by atoms with Gasteiger partial charge in [-0.25, -0.2) is 4.98 Å². The maximum Gasteiger partial charge on any atom is 0.138 e. The van der Waals surface area contributed by atoms with E-state index in [0.717, 1.165) is 22.3 Å².